The van der Waals surface area contributed by atoms with Crippen LogP contribution in [0.5, 0.6) is 0 Å². The Morgan fingerprint density at radius 3 is 2.33 bits per heavy atom. The summed E-state index contributed by atoms with van der Waals surface area (Å²) in [5.74, 6) is -0.670. The SMILES string of the molecule is CC12CN(C(=O)CC3CCS(=O)(=O)CC3)C(C(=O)O)(C1)C2. The molecule has 0 radical (unpaired) electrons. The fraction of sp³-hybridized carbons (Fsp3) is 0.857. The van der Waals surface area contributed by atoms with Crippen molar-refractivity contribution in [3.63, 3.8) is 0 Å². The van der Waals surface area contributed by atoms with E-state index >= 15 is 0 Å². The smallest absolute Gasteiger partial charge is 0.329 e. The van der Waals surface area contributed by atoms with E-state index in [1.165, 1.54) is 0 Å². The van der Waals surface area contributed by atoms with Gasteiger partial charge in [-0.05, 0) is 37.0 Å². The summed E-state index contributed by atoms with van der Waals surface area (Å²) in [6.45, 7) is 2.54. The average molecular weight is 315 g/mol. The van der Waals surface area contributed by atoms with Gasteiger partial charge in [-0.15, -0.1) is 0 Å². The van der Waals surface area contributed by atoms with Crippen LogP contribution in [0.1, 0.15) is 39.0 Å². The van der Waals surface area contributed by atoms with Gasteiger partial charge in [0.2, 0.25) is 5.91 Å². The molecule has 2 bridgehead atoms. The van der Waals surface area contributed by atoms with Crippen molar-refractivity contribution < 1.29 is 23.1 Å². The van der Waals surface area contributed by atoms with Crippen LogP contribution in [0.4, 0.5) is 0 Å². The number of rotatable bonds is 3. The van der Waals surface area contributed by atoms with Gasteiger partial charge in [-0.1, -0.05) is 6.92 Å². The molecule has 4 fully saturated rings. The molecule has 6 nitrogen and oxygen atoms in total. The fourth-order valence-corrected chi connectivity index (χ4v) is 5.88. The Kier molecular flexibility index (Phi) is 3.13. The van der Waals surface area contributed by atoms with Crippen LogP contribution in [-0.4, -0.2) is 53.9 Å². The van der Waals surface area contributed by atoms with E-state index in [4.69, 9.17) is 0 Å². The minimum absolute atomic E-state index is 0.0516. The average Bonchev–Trinajstić information content (AvgIpc) is 2.81. The van der Waals surface area contributed by atoms with Gasteiger partial charge in [-0.3, -0.25) is 4.79 Å². The summed E-state index contributed by atoms with van der Waals surface area (Å²) in [6, 6.07) is 0. The van der Waals surface area contributed by atoms with Gasteiger partial charge in [0, 0.05) is 13.0 Å². The van der Waals surface area contributed by atoms with Gasteiger partial charge in [0.05, 0.1) is 11.5 Å². The standard InChI is InChI=1S/C14H21NO5S/c1-13-7-14(8-13,12(17)18)15(9-13)11(16)6-10-2-4-21(19,20)5-3-10/h10H,2-9H2,1H3,(H,17,18). The van der Waals surface area contributed by atoms with Crippen LogP contribution in [0.25, 0.3) is 0 Å². The Morgan fingerprint density at radius 2 is 1.81 bits per heavy atom. The van der Waals surface area contributed by atoms with Crippen LogP contribution in [0.15, 0.2) is 0 Å². The van der Waals surface area contributed by atoms with E-state index in [2.05, 4.69) is 0 Å². The largest absolute Gasteiger partial charge is 0.479 e. The number of carboxylic acid groups (broad SMARTS) is 1. The zero-order valence-corrected chi connectivity index (χ0v) is 13.0. The van der Waals surface area contributed by atoms with Crippen molar-refractivity contribution >= 4 is 21.7 Å². The molecule has 3 aliphatic heterocycles. The summed E-state index contributed by atoms with van der Waals surface area (Å²) >= 11 is 0. The highest BCUT2D eigenvalue weighted by Crippen LogP contribution is 2.59. The normalized spacial score (nSPS) is 38.0. The van der Waals surface area contributed by atoms with E-state index < -0.39 is 21.3 Å². The Labute approximate surface area is 124 Å². The van der Waals surface area contributed by atoms with Gasteiger partial charge in [0.25, 0.3) is 0 Å². The first-order valence-electron chi connectivity index (χ1n) is 7.40. The molecular formula is C14H21NO5S. The molecule has 1 aliphatic carbocycles. The number of aliphatic carboxylic acids is 1. The molecule has 0 unspecified atom stereocenters. The van der Waals surface area contributed by atoms with Crippen LogP contribution >= 0.6 is 0 Å². The molecule has 0 spiro atoms. The minimum atomic E-state index is -2.93. The molecule has 4 rings (SSSR count). The van der Waals surface area contributed by atoms with Crippen LogP contribution in [0, 0.1) is 11.3 Å². The summed E-state index contributed by atoms with van der Waals surface area (Å²) in [6.07, 6.45) is 2.39. The van der Waals surface area contributed by atoms with Gasteiger partial charge < -0.3 is 10.0 Å². The highest BCUT2D eigenvalue weighted by Gasteiger charge is 2.68. The first-order valence-corrected chi connectivity index (χ1v) is 9.22. The third-order valence-electron chi connectivity index (χ3n) is 5.33. The van der Waals surface area contributed by atoms with Crippen LogP contribution in [0.2, 0.25) is 0 Å². The molecule has 0 aromatic rings. The molecule has 0 aromatic carbocycles. The maximum Gasteiger partial charge on any atom is 0.329 e. The van der Waals surface area contributed by atoms with Crippen molar-refractivity contribution in [2.45, 2.75) is 44.6 Å². The lowest BCUT2D eigenvalue weighted by Gasteiger charge is -2.42. The van der Waals surface area contributed by atoms with Crippen LogP contribution in [-0.2, 0) is 19.4 Å². The molecule has 0 atom stereocenters. The highest BCUT2D eigenvalue weighted by molar-refractivity contribution is 7.91. The Bertz CT molecular complexity index is 576. The van der Waals surface area contributed by atoms with E-state index in [-0.39, 0.29) is 35.2 Å². The predicted octanol–water partition coefficient (Wildman–Crippen LogP) is 0.667. The van der Waals surface area contributed by atoms with E-state index in [1.54, 1.807) is 4.90 Å². The van der Waals surface area contributed by atoms with Gasteiger partial charge in [0.1, 0.15) is 15.4 Å². The molecule has 1 N–H and O–H groups in total. The highest BCUT2D eigenvalue weighted by atomic mass is 32.2. The third kappa shape index (κ3) is 2.35. The quantitative estimate of drug-likeness (QED) is 0.826. The molecule has 3 heterocycles. The van der Waals surface area contributed by atoms with Crippen molar-refractivity contribution in [1.82, 2.24) is 4.90 Å². The lowest BCUT2D eigenvalue weighted by Crippen LogP contribution is -2.56. The van der Waals surface area contributed by atoms with Gasteiger partial charge >= 0.3 is 5.97 Å². The van der Waals surface area contributed by atoms with Crippen LogP contribution in [0.3, 0.4) is 0 Å². The third-order valence-corrected chi connectivity index (χ3v) is 7.05. The Hall–Kier alpha value is -1.11. The second-order valence-corrected chi connectivity index (χ2v) is 9.58. The van der Waals surface area contributed by atoms with E-state index in [0.29, 0.717) is 32.2 Å². The molecule has 3 saturated heterocycles. The number of nitrogens with zero attached hydrogens (tertiary/aromatic N) is 1. The summed E-state index contributed by atoms with van der Waals surface area (Å²) in [5, 5.41) is 9.45. The maximum absolute atomic E-state index is 12.5. The summed E-state index contributed by atoms with van der Waals surface area (Å²) in [4.78, 5) is 25.5. The summed E-state index contributed by atoms with van der Waals surface area (Å²) in [5.41, 5.74) is -1.05. The van der Waals surface area contributed by atoms with Crippen molar-refractivity contribution in [3.05, 3.63) is 0 Å². The number of carbonyl (C=O) groups excluding carboxylic acids is 1. The van der Waals surface area contributed by atoms with Crippen molar-refractivity contribution in [3.8, 4) is 0 Å². The van der Waals surface area contributed by atoms with Crippen molar-refractivity contribution in [1.29, 1.82) is 0 Å². The maximum atomic E-state index is 12.5. The van der Waals surface area contributed by atoms with E-state index in [1.807, 2.05) is 6.92 Å². The zero-order chi connectivity index (χ0) is 15.5. The molecule has 0 aromatic heterocycles. The van der Waals surface area contributed by atoms with Crippen molar-refractivity contribution in [2.75, 3.05) is 18.1 Å². The zero-order valence-electron chi connectivity index (χ0n) is 12.2. The Morgan fingerprint density at radius 1 is 1.24 bits per heavy atom. The number of fused-ring (bicyclic) bond motifs is 1. The second kappa shape index (κ2) is 4.44. The number of sulfone groups is 1. The number of hydrogen-bond donors (Lipinski definition) is 1. The van der Waals surface area contributed by atoms with Gasteiger partial charge in [0.15, 0.2) is 0 Å². The molecule has 7 heteroatoms. The predicted molar refractivity (Wildman–Crippen MR) is 75.4 cm³/mol. The summed E-state index contributed by atoms with van der Waals surface area (Å²) < 4.78 is 22.8. The topological polar surface area (TPSA) is 91.8 Å². The molecule has 118 valence electrons. The monoisotopic (exact) mass is 315 g/mol. The van der Waals surface area contributed by atoms with E-state index in [0.717, 1.165) is 0 Å². The molecule has 21 heavy (non-hydrogen) atoms. The first-order chi connectivity index (χ1) is 9.66. The first kappa shape index (κ1) is 14.8. The molecule has 4 aliphatic rings. The number of hydrogen-bond acceptors (Lipinski definition) is 4. The van der Waals surface area contributed by atoms with Crippen molar-refractivity contribution in [2.24, 2.45) is 11.3 Å². The molecular weight excluding hydrogens is 294 g/mol. The summed E-state index contributed by atoms with van der Waals surface area (Å²) in [7, 11) is -2.93. The van der Waals surface area contributed by atoms with Gasteiger partial charge in [-0.25, -0.2) is 13.2 Å². The lowest BCUT2D eigenvalue weighted by atomic mass is 9.63. The molecule has 1 saturated carbocycles. The second-order valence-electron chi connectivity index (χ2n) is 7.28. The van der Waals surface area contributed by atoms with Crippen LogP contribution < -0.4 is 0 Å². The number of carboxylic acids is 1. The van der Waals surface area contributed by atoms with Gasteiger partial charge in [-0.2, -0.15) is 0 Å². The number of amides is 1. The minimum Gasteiger partial charge on any atom is -0.479 e. The fourth-order valence-electron chi connectivity index (χ4n) is 4.29. The molecule has 1 amide bonds. The number of carbonyl (C=O) groups is 2. The van der Waals surface area contributed by atoms with E-state index in [9.17, 15) is 23.1 Å². The Balaban J connectivity index is 1.65. The lowest BCUT2D eigenvalue weighted by molar-refractivity contribution is -0.160.